The van der Waals surface area contributed by atoms with Crippen LogP contribution < -0.4 is 10.5 Å². The smallest absolute Gasteiger partial charge is 0.243 e. The third kappa shape index (κ3) is 2.93. The Morgan fingerprint density at radius 3 is 2.55 bits per heavy atom. The molecule has 1 aliphatic rings. The summed E-state index contributed by atoms with van der Waals surface area (Å²) in [6.45, 7) is 2.31. The summed E-state index contributed by atoms with van der Waals surface area (Å²) in [7, 11) is -4.01. The van der Waals surface area contributed by atoms with Gasteiger partial charge in [0.05, 0.1) is 0 Å². The summed E-state index contributed by atoms with van der Waals surface area (Å²) in [5, 5.41) is 0. The van der Waals surface area contributed by atoms with Crippen molar-refractivity contribution in [3.8, 4) is 0 Å². The summed E-state index contributed by atoms with van der Waals surface area (Å²) in [5.41, 5.74) is 4.41. The number of halogens is 2. The highest BCUT2D eigenvalue weighted by Crippen LogP contribution is 2.49. The van der Waals surface area contributed by atoms with Crippen molar-refractivity contribution < 1.29 is 17.2 Å². The zero-order valence-corrected chi connectivity index (χ0v) is 12.1. The fourth-order valence-corrected chi connectivity index (χ4v) is 3.55. The Morgan fingerprint density at radius 1 is 1.35 bits per heavy atom. The molecule has 0 heterocycles. The summed E-state index contributed by atoms with van der Waals surface area (Å²) >= 11 is 0. The molecule has 0 aliphatic heterocycles. The minimum Gasteiger partial charge on any atom is -0.394 e. The predicted molar refractivity (Wildman–Crippen MR) is 72.5 cm³/mol. The maximum absolute atomic E-state index is 13.8. The molecule has 0 radical (unpaired) electrons. The Morgan fingerprint density at radius 2 is 2.00 bits per heavy atom. The third-order valence-corrected chi connectivity index (χ3v) is 5.17. The van der Waals surface area contributed by atoms with E-state index in [4.69, 9.17) is 5.73 Å². The zero-order chi connectivity index (χ0) is 15.0. The molecule has 1 aromatic carbocycles. The molecule has 1 fully saturated rings. The van der Waals surface area contributed by atoms with Crippen LogP contribution >= 0.6 is 0 Å². The topological polar surface area (TPSA) is 72.2 Å². The first-order chi connectivity index (χ1) is 9.31. The first-order valence-electron chi connectivity index (χ1n) is 6.54. The third-order valence-electron chi connectivity index (χ3n) is 3.76. The van der Waals surface area contributed by atoms with Crippen LogP contribution in [0.3, 0.4) is 0 Å². The van der Waals surface area contributed by atoms with Crippen LogP contribution in [0, 0.1) is 17.0 Å². The van der Waals surface area contributed by atoms with Gasteiger partial charge in [0.15, 0.2) is 5.82 Å². The number of hydrogen-bond donors (Lipinski definition) is 2. The molecule has 3 N–H and O–H groups in total. The molecule has 7 heteroatoms. The van der Waals surface area contributed by atoms with Crippen LogP contribution in [0.4, 0.5) is 14.5 Å². The molecule has 4 nitrogen and oxygen atoms in total. The molecule has 112 valence electrons. The molecule has 0 aromatic heterocycles. The van der Waals surface area contributed by atoms with Crippen molar-refractivity contribution in [2.45, 2.75) is 37.5 Å². The Hall–Kier alpha value is -1.21. The lowest BCUT2D eigenvalue weighted by Gasteiger charge is -2.15. The number of anilines is 1. The molecule has 20 heavy (non-hydrogen) atoms. The van der Waals surface area contributed by atoms with E-state index in [0.29, 0.717) is 0 Å². The molecule has 0 saturated heterocycles. The molecule has 0 atom stereocenters. The standard InChI is InChI=1S/C13H18F2N2O2S/c1-2-5-13(6-7-13)8-17-20(18,19)10-4-3-9(14)12(16)11(10)15/h3-4,17H,2,5-8,16H2,1H3. The number of benzene rings is 1. The molecular formula is C13H18F2N2O2S. The van der Waals surface area contributed by atoms with Gasteiger partial charge >= 0.3 is 0 Å². The fraction of sp³-hybridized carbons (Fsp3) is 0.538. The number of nitrogens with one attached hydrogen (secondary N) is 1. The van der Waals surface area contributed by atoms with Crippen LogP contribution in [0.1, 0.15) is 32.6 Å². The highest BCUT2D eigenvalue weighted by atomic mass is 32.2. The Bertz CT molecular complexity index is 613. The van der Waals surface area contributed by atoms with Crippen LogP contribution in [0.25, 0.3) is 0 Å². The van der Waals surface area contributed by atoms with Gasteiger partial charge in [-0.3, -0.25) is 0 Å². The summed E-state index contributed by atoms with van der Waals surface area (Å²) < 4.78 is 53.3. The van der Waals surface area contributed by atoms with E-state index in [-0.39, 0.29) is 12.0 Å². The van der Waals surface area contributed by atoms with Gasteiger partial charge in [0.1, 0.15) is 16.4 Å². The molecule has 2 rings (SSSR count). The second kappa shape index (κ2) is 5.29. The molecule has 0 bridgehead atoms. The van der Waals surface area contributed by atoms with Gasteiger partial charge in [-0.05, 0) is 36.8 Å². The first kappa shape index (κ1) is 15.2. The lowest BCUT2D eigenvalue weighted by atomic mass is 10.0. The number of nitrogen functional groups attached to an aromatic ring is 1. The summed E-state index contributed by atoms with van der Waals surface area (Å²) in [6, 6.07) is 1.74. The quantitative estimate of drug-likeness (QED) is 0.793. The maximum Gasteiger partial charge on any atom is 0.243 e. The van der Waals surface area contributed by atoms with Gasteiger partial charge in [-0.2, -0.15) is 0 Å². The van der Waals surface area contributed by atoms with Crippen molar-refractivity contribution in [2.75, 3.05) is 12.3 Å². The van der Waals surface area contributed by atoms with Crippen LogP contribution in [0.2, 0.25) is 0 Å². The maximum atomic E-state index is 13.8. The van der Waals surface area contributed by atoms with Crippen molar-refractivity contribution in [1.82, 2.24) is 4.72 Å². The van der Waals surface area contributed by atoms with Crippen molar-refractivity contribution in [2.24, 2.45) is 5.41 Å². The van der Waals surface area contributed by atoms with Gasteiger partial charge < -0.3 is 5.73 Å². The lowest BCUT2D eigenvalue weighted by molar-refractivity contribution is 0.448. The summed E-state index contributed by atoms with van der Waals surface area (Å²) in [4.78, 5) is -0.608. The molecular weight excluding hydrogens is 286 g/mol. The monoisotopic (exact) mass is 304 g/mol. The highest BCUT2D eigenvalue weighted by Gasteiger charge is 2.42. The van der Waals surface area contributed by atoms with Crippen LogP contribution in [0.5, 0.6) is 0 Å². The van der Waals surface area contributed by atoms with E-state index >= 15 is 0 Å². The summed E-state index contributed by atoms with van der Waals surface area (Å²) in [5.74, 6) is -2.20. The Labute approximate surface area is 117 Å². The minimum absolute atomic E-state index is 0.00384. The van der Waals surface area contributed by atoms with Gasteiger partial charge in [-0.1, -0.05) is 13.3 Å². The highest BCUT2D eigenvalue weighted by molar-refractivity contribution is 7.89. The SMILES string of the molecule is CCCC1(CNS(=O)(=O)c2ccc(F)c(N)c2F)CC1. The second-order valence-electron chi connectivity index (χ2n) is 5.35. The number of sulfonamides is 1. The average molecular weight is 304 g/mol. The van der Waals surface area contributed by atoms with Crippen molar-refractivity contribution in [3.63, 3.8) is 0 Å². The number of nitrogens with two attached hydrogens (primary N) is 1. The lowest BCUT2D eigenvalue weighted by Crippen LogP contribution is -2.31. The van der Waals surface area contributed by atoms with Gasteiger partial charge in [-0.25, -0.2) is 21.9 Å². The van der Waals surface area contributed by atoms with Crippen LogP contribution in [-0.2, 0) is 10.0 Å². The van der Waals surface area contributed by atoms with Crippen LogP contribution in [0.15, 0.2) is 17.0 Å². The summed E-state index contributed by atoms with van der Waals surface area (Å²) in [6.07, 6.45) is 3.85. The van der Waals surface area contributed by atoms with E-state index in [0.717, 1.165) is 37.8 Å². The predicted octanol–water partition coefficient (Wildman–Crippen LogP) is 2.41. The van der Waals surface area contributed by atoms with Gasteiger partial charge in [0.2, 0.25) is 10.0 Å². The van der Waals surface area contributed by atoms with Gasteiger partial charge in [-0.15, -0.1) is 0 Å². The molecule has 0 unspecified atom stereocenters. The van der Waals surface area contributed by atoms with Crippen molar-refractivity contribution in [1.29, 1.82) is 0 Å². The average Bonchev–Trinajstić information content (AvgIpc) is 3.14. The normalized spacial score (nSPS) is 17.1. The largest absolute Gasteiger partial charge is 0.394 e. The van der Waals surface area contributed by atoms with E-state index in [1.807, 2.05) is 6.92 Å². The van der Waals surface area contributed by atoms with E-state index in [1.165, 1.54) is 0 Å². The Kier molecular flexibility index (Phi) is 4.02. The van der Waals surface area contributed by atoms with Crippen molar-refractivity contribution in [3.05, 3.63) is 23.8 Å². The molecule has 1 aromatic rings. The molecule has 0 amide bonds. The molecule has 1 aliphatic carbocycles. The minimum atomic E-state index is -4.01. The van der Waals surface area contributed by atoms with E-state index in [2.05, 4.69) is 4.72 Å². The van der Waals surface area contributed by atoms with Gasteiger partial charge in [0.25, 0.3) is 0 Å². The Balaban J connectivity index is 2.17. The van der Waals surface area contributed by atoms with Gasteiger partial charge in [0, 0.05) is 6.54 Å². The number of rotatable bonds is 6. The van der Waals surface area contributed by atoms with Crippen molar-refractivity contribution >= 4 is 15.7 Å². The van der Waals surface area contributed by atoms with E-state index < -0.39 is 32.2 Å². The van der Waals surface area contributed by atoms with Crippen LogP contribution in [-0.4, -0.2) is 15.0 Å². The van der Waals surface area contributed by atoms with E-state index in [1.54, 1.807) is 0 Å². The number of hydrogen-bond acceptors (Lipinski definition) is 3. The first-order valence-corrected chi connectivity index (χ1v) is 8.03. The second-order valence-corrected chi connectivity index (χ2v) is 7.08. The molecule has 1 saturated carbocycles. The fourth-order valence-electron chi connectivity index (χ4n) is 2.31. The zero-order valence-electron chi connectivity index (χ0n) is 11.2. The molecule has 0 spiro atoms. The van der Waals surface area contributed by atoms with E-state index in [9.17, 15) is 17.2 Å².